The van der Waals surface area contributed by atoms with E-state index in [9.17, 15) is 19.2 Å². The predicted octanol–water partition coefficient (Wildman–Crippen LogP) is 2.72. The molecule has 1 saturated heterocycles. The molecule has 1 aliphatic heterocycles. The Morgan fingerprint density at radius 1 is 1.00 bits per heavy atom. The fraction of sp³-hybridized carbons (Fsp3) is 0.688. The Morgan fingerprint density at radius 2 is 1.69 bits per heavy atom. The van der Waals surface area contributed by atoms with Crippen LogP contribution in [-0.2, 0) is 34.9 Å². The van der Waals surface area contributed by atoms with Gasteiger partial charge in [0, 0.05) is 6.42 Å². The monoisotopic (exact) mass is 644 g/mol. The second kappa shape index (κ2) is 14.8. The molecule has 0 radical (unpaired) electrons. The first-order chi connectivity index (χ1) is 21.3. The van der Waals surface area contributed by atoms with Gasteiger partial charge in [-0.1, -0.05) is 58.0 Å². The maximum absolute atomic E-state index is 13.7. The summed E-state index contributed by atoms with van der Waals surface area (Å²) in [5, 5.41) is 11.2. The summed E-state index contributed by atoms with van der Waals surface area (Å²) >= 11 is 1.57. The molecular weight excluding hydrogens is 595 g/mol. The summed E-state index contributed by atoms with van der Waals surface area (Å²) in [5.74, 6) is 0.0459. The summed E-state index contributed by atoms with van der Waals surface area (Å²) in [6.45, 7) is 10.3. The molecule has 0 spiro atoms. The molecule has 1 aromatic rings. The minimum absolute atomic E-state index is 0.00821. The lowest BCUT2D eigenvalue weighted by molar-refractivity contribution is -0.199. The minimum atomic E-state index is -0.996. The van der Waals surface area contributed by atoms with Gasteiger partial charge in [0.1, 0.15) is 18.1 Å². The molecule has 7 atom stereocenters. The van der Waals surface area contributed by atoms with Crippen molar-refractivity contribution in [2.45, 2.75) is 90.1 Å². The van der Waals surface area contributed by atoms with Gasteiger partial charge in [-0.25, -0.2) is 4.79 Å². The summed E-state index contributed by atoms with van der Waals surface area (Å²) in [5.41, 5.74) is 0.673. The molecule has 11 nitrogen and oxygen atoms in total. The number of nitrogens with one attached hydrogen (secondary N) is 4. The van der Waals surface area contributed by atoms with Gasteiger partial charge in [-0.15, -0.1) is 0 Å². The van der Waals surface area contributed by atoms with Crippen molar-refractivity contribution in [3.63, 3.8) is 0 Å². The number of hydrogen-bond acceptors (Lipinski definition) is 8. The largest absolute Gasteiger partial charge is 0.478 e. The van der Waals surface area contributed by atoms with Crippen molar-refractivity contribution in [1.82, 2.24) is 21.3 Å². The van der Waals surface area contributed by atoms with Crippen LogP contribution in [0.25, 0.3) is 0 Å². The molecule has 3 saturated carbocycles. The van der Waals surface area contributed by atoms with Gasteiger partial charge in [-0.2, -0.15) is 11.8 Å². The molecule has 13 heteroatoms. The predicted molar refractivity (Wildman–Crippen MR) is 174 cm³/mol. The summed E-state index contributed by atoms with van der Waals surface area (Å²) in [6.07, 6.45) is 4.06. The average molecular weight is 645 g/mol. The van der Waals surface area contributed by atoms with Gasteiger partial charge >= 0.3 is 13.2 Å². The summed E-state index contributed by atoms with van der Waals surface area (Å²) in [4.78, 5) is 52.4. The minimum Gasteiger partial charge on any atom is -0.453 e. The molecule has 4 aliphatic rings. The molecule has 3 aliphatic carbocycles. The first kappa shape index (κ1) is 35.1. The number of carbonyl (C=O) groups excluding carboxylic acids is 4. The highest BCUT2D eigenvalue weighted by Crippen LogP contribution is 2.65. The number of carbonyl (C=O) groups is 4. The summed E-state index contributed by atoms with van der Waals surface area (Å²) in [7, 11) is 0.661. The highest BCUT2D eigenvalue weighted by Gasteiger charge is 2.67. The molecule has 1 aromatic carbocycles. The fourth-order valence-electron chi connectivity index (χ4n) is 7.16. The molecule has 5 rings (SSSR count). The average Bonchev–Trinajstić information content (AvgIpc) is 3.36. The molecule has 2 bridgehead atoms. The zero-order valence-corrected chi connectivity index (χ0v) is 28.3. The first-order valence-corrected chi connectivity index (χ1v) is 17.3. The van der Waals surface area contributed by atoms with E-state index in [4.69, 9.17) is 9.31 Å². The van der Waals surface area contributed by atoms with E-state index >= 15 is 0 Å². The van der Waals surface area contributed by atoms with Crippen LogP contribution in [0.15, 0.2) is 30.3 Å². The fourth-order valence-corrected chi connectivity index (χ4v) is 7.63. The van der Waals surface area contributed by atoms with E-state index in [1.165, 1.54) is 7.11 Å². The van der Waals surface area contributed by atoms with E-state index in [1.807, 2.05) is 36.6 Å². The van der Waals surface area contributed by atoms with E-state index in [0.717, 1.165) is 18.4 Å². The van der Waals surface area contributed by atoms with Crippen LogP contribution in [0.4, 0.5) is 4.79 Å². The Hall–Kier alpha value is -2.77. The van der Waals surface area contributed by atoms with Crippen molar-refractivity contribution in [3.05, 3.63) is 35.9 Å². The highest BCUT2D eigenvalue weighted by atomic mass is 32.2. The van der Waals surface area contributed by atoms with Crippen LogP contribution in [0, 0.1) is 23.2 Å². The van der Waals surface area contributed by atoms with Gasteiger partial charge in [0.05, 0.1) is 25.3 Å². The van der Waals surface area contributed by atoms with Crippen LogP contribution in [0.1, 0.15) is 59.4 Å². The number of alkyl carbamates (subject to hydrolysis) is 1. The van der Waals surface area contributed by atoms with Crippen LogP contribution in [0.2, 0.25) is 0 Å². The van der Waals surface area contributed by atoms with E-state index in [-0.39, 0.29) is 41.8 Å². The summed E-state index contributed by atoms with van der Waals surface area (Å²) < 4.78 is 17.4. The third-order valence-corrected chi connectivity index (χ3v) is 10.7. The number of methoxy groups -OCH3 is 1. The lowest BCUT2D eigenvalue weighted by Crippen LogP contribution is -2.65. The molecule has 248 valence electrons. The van der Waals surface area contributed by atoms with Crippen LogP contribution in [0.5, 0.6) is 0 Å². The Balaban J connectivity index is 1.42. The number of amides is 4. The van der Waals surface area contributed by atoms with Gasteiger partial charge in [-0.05, 0) is 66.9 Å². The van der Waals surface area contributed by atoms with Gasteiger partial charge in [0.25, 0.3) is 0 Å². The third-order valence-electron chi connectivity index (χ3n) is 10.0. The van der Waals surface area contributed by atoms with Gasteiger partial charge in [0.15, 0.2) is 0 Å². The number of benzene rings is 1. The number of thioether (sulfide) groups is 1. The number of hydrogen-bond donors (Lipinski definition) is 4. The maximum atomic E-state index is 13.7. The third kappa shape index (κ3) is 7.97. The number of rotatable bonds is 14. The van der Waals surface area contributed by atoms with E-state index < -0.39 is 43.2 Å². The second-order valence-electron chi connectivity index (χ2n) is 13.6. The van der Waals surface area contributed by atoms with E-state index in [0.29, 0.717) is 24.0 Å². The lowest BCUT2D eigenvalue weighted by atomic mass is 9.43. The maximum Gasteiger partial charge on any atom is 0.478 e. The molecule has 45 heavy (non-hydrogen) atoms. The highest BCUT2D eigenvalue weighted by molar-refractivity contribution is 7.98. The second-order valence-corrected chi connectivity index (χ2v) is 14.6. The smallest absolute Gasteiger partial charge is 0.453 e. The lowest BCUT2D eigenvalue weighted by Gasteiger charge is -2.64. The molecule has 0 aromatic heterocycles. The Bertz CT molecular complexity index is 1220. The molecule has 4 fully saturated rings. The Morgan fingerprint density at radius 3 is 2.31 bits per heavy atom. The van der Waals surface area contributed by atoms with Gasteiger partial charge < -0.3 is 35.3 Å². The molecule has 0 unspecified atom stereocenters. The summed E-state index contributed by atoms with van der Waals surface area (Å²) in [6, 6.07) is 6.54. The van der Waals surface area contributed by atoms with Crippen molar-refractivity contribution in [2.75, 3.05) is 25.6 Å². The van der Waals surface area contributed by atoms with E-state index in [1.54, 1.807) is 25.6 Å². The van der Waals surface area contributed by atoms with Crippen LogP contribution < -0.4 is 21.3 Å². The van der Waals surface area contributed by atoms with Crippen molar-refractivity contribution in [3.8, 4) is 0 Å². The standard InChI is InChI=1S/C32H49BN4O7S/c1-19(2)26(37-30(41)42-6)29(40)36-23(15-20-11-9-8-10-12-20)28(39)35-22(13-14-45-7)27(38)34-18-33-43-25-17-21-16-24(31(21,3)4)32(25,5)44-33/h8-12,19,21-26H,13-18H2,1-7H3,(H,34,38)(H,35,39)(H,36,40)(H,37,41)/t21-,22-,23-,24-,25+,26-,32-/m0/s1. The Labute approximate surface area is 271 Å². The first-order valence-electron chi connectivity index (χ1n) is 15.9. The normalized spacial score (nSPS) is 26.5. The molecule has 4 N–H and O–H groups in total. The van der Waals surface area contributed by atoms with Crippen LogP contribution in [0.3, 0.4) is 0 Å². The van der Waals surface area contributed by atoms with Crippen molar-refractivity contribution >= 4 is 42.7 Å². The van der Waals surface area contributed by atoms with Gasteiger partial charge in [-0.3, -0.25) is 14.4 Å². The molecular formula is C32H49BN4O7S. The zero-order chi connectivity index (χ0) is 32.9. The van der Waals surface area contributed by atoms with E-state index in [2.05, 4.69) is 46.8 Å². The Kier molecular flexibility index (Phi) is 11.5. The SMILES string of the molecule is COC(=O)N[C@H](C(=O)N[C@@H](Cc1ccccc1)C(=O)N[C@@H](CCSC)C(=O)NCB1O[C@@H]2C[C@@H]3C[C@@H](C3(C)C)[C@]2(C)O1)C(C)C. The quantitative estimate of drug-likeness (QED) is 0.227. The number of ether oxygens (including phenoxy) is 1. The van der Waals surface area contributed by atoms with Crippen LogP contribution >= 0.6 is 11.8 Å². The van der Waals surface area contributed by atoms with Crippen molar-refractivity contribution < 1.29 is 33.2 Å². The topological polar surface area (TPSA) is 144 Å². The van der Waals surface area contributed by atoms with Crippen molar-refractivity contribution in [1.29, 1.82) is 0 Å². The molecule has 4 amide bonds. The molecule has 1 heterocycles. The van der Waals surface area contributed by atoms with Gasteiger partial charge in [0.2, 0.25) is 17.7 Å². The van der Waals surface area contributed by atoms with Crippen LogP contribution in [-0.4, -0.2) is 86.3 Å². The zero-order valence-electron chi connectivity index (χ0n) is 27.5. The van der Waals surface area contributed by atoms with Crippen molar-refractivity contribution in [2.24, 2.45) is 23.2 Å².